The van der Waals surface area contributed by atoms with E-state index in [4.69, 9.17) is 16.3 Å². The highest BCUT2D eigenvalue weighted by molar-refractivity contribution is 7.98. The van der Waals surface area contributed by atoms with Crippen molar-refractivity contribution >= 4 is 39.7 Å². The molecule has 0 saturated carbocycles. The Morgan fingerprint density at radius 3 is 3.00 bits per heavy atom. The van der Waals surface area contributed by atoms with E-state index in [9.17, 15) is 4.79 Å². The maximum absolute atomic E-state index is 12.1. The van der Waals surface area contributed by atoms with Crippen molar-refractivity contribution in [3.05, 3.63) is 68.3 Å². The average molecular weight is 434 g/mol. The summed E-state index contributed by atoms with van der Waals surface area (Å²) < 4.78 is 9.20. The molecule has 4 aromatic rings. The minimum Gasteiger partial charge on any atom is -0.484 e. The van der Waals surface area contributed by atoms with E-state index < -0.39 is 0 Å². The lowest BCUT2D eigenvalue weighted by molar-refractivity contribution is 0.290. The molecule has 10 heteroatoms. The Balaban J connectivity index is 1.44. The molecule has 7 nitrogen and oxygen atoms in total. The van der Waals surface area contributed by atoms with Crippen LogP contribution in [0.25, 0.3) is 4.96 Å². The average Bonchev–Trinajstić information content (AvgIpc) is 3.28. The van der Waals surface area contributed by atoms with Gasteiger partial charge in [-0.2, -0.15) is 0 Å². The van der Waals surface area contributed by atoms with Gasteiger partial charge in [0.2, 0.25) is 0 Å². The fraction of sp³-hybridized carbons (Fsp3) is 0.222. The molecule has 0 N–H and O–H groups in total. The molecule has 0 saturated heterocycles. The summed E-state index contributed by atoms with van der Waals surface area (Å²) in [7, 11) is 1.88. The first kappa shape index (κ1) is 19.0. The van der Waals surface area contributed by atoms with Gasteiger partial charge in [0.1, 0.15) is 12.4 Å². The fourth-order valence-corrected chi connectivity index (χ4v) is 4.29. The van der Waals surface area contributed by atoms with Crippen molar-refractivity contribution in [2.45, 2.75) is 24.4 Å². The van der Waals surface area contributed by atoms with E-state index in [-0.39, 0.29) is 12.2 Å². The number of fused-ring (bicyclic) bond motifs is 1. The van der Waals surface area contributed by atoms with Crippen LogP contribution in [0.4, 0.5) is 0 Å². The van der Waals surface area contributed by atoms with Crippen molar-refractivity contribution in [3.8, 4) is 5.75 Å². The normalized spacial score (nSPS) is 11.2. The molecule has 144 valence electrons. The lowest BCUT2D eigenvalue weighted by Crippen LogP contribution is -2.12. The van der Waals surface area contributed by atoms with Crippen LogP contribution in [0.2, 0.25) is 5.02 Å². The van der Waals surface area contributed by atoms with Crippen LogP contribution in [-0.4, -0.2) is 24.1 Å². The number of halogens is 1. The van der Waals surface area contributed by atoms with Gasteiger partial charge in [0, 0.05) is 30.4 Å². The van der Waals surface area contributed by atoms with Gasteiger partial charge in [0.05, 0.1) is 10.7 Å². The number of thioether (sulfide) groups is 1. The number of rotatable bonds is 6. The number of benzene rings is 1. The summed E-state index contributed by atoms with van der Waals surface area (Å²) in [5.41, 5.74) is 1.70. The fourth-order valence-electron chi connectivity index (χ4n) is 2.56. The van der Waals surface area contributed by atoms with Crippen molar-refractivity contribution in [1.29, 1.82) is 0 Å². The molecule has 0 aliphatic carbocycles. The SMILES string of the molecule is Cc1ccc(Cl)c(OCc2nnc(SCc3cc(=O)n4ccsc4n3)n2C)c1. The zero-order valence-corrected chi connectivity index (χ0v) is 17.5. The van der Waals surface area contributed by atoms with E-state index in [1.807, 2.05) is 42.1 Å². The van der Waals surface area contributed by atoms with Crippen LogP contribution < -0.4 is 10.3 Å². The van der Waals surface area contributed by atoms with Crippen LogP contribution in [0.1, 0.15) is 17.1 Å². The molecule has 0 atom stereocenters. The number of thiazole rings is 1. The zero-order chi connectivity index (χ0) is 19.7. The second kappa shape index (κ2) is 7.94. The predicted molar refractivity (Wildman–Crippen MR) is 110 cm³/mol. The third-order valence-electron chi connectivity index (χ3n) is 4.07. The molecular weight excluding hydrogens is 418 g/mol. The Bertz CT molecular complexity index is 1200. The van der Waals surface area contributed by atoms with Crippen LogP contribution in [0.5, 0.6) is 5.75 Å². The molecular formula is C18H16ClN5O2S2. The van der Waals surface area contributed by atoms with E-state index in [2.05, 4.69) is 15.2 Å². The van der Waals surface area contributed by atoms with Crippen LogP contribution in [0.15, 0.2) is 45.8 Å². The second-order valence-corrected chi connectivity index (χ2v) is 8.33. The number of aryl methyl sites for hydroxylation is 1. The van der Waals surface area contributed by atoms with Crippen molar-refractivity contribution < 1.29 is 4.74 Å². The van der Waals surface area contributed by atoms with Gasteiger partial charge in [-0.05, 0) is 24.6 Å². The van der Waals surface area contributed by atoms with Crippen molar-refractivity contribution in [2.24, 2.45) is 7.05 Å². The Morgan fingerprint density at radius 1 is 1.29 bits per heavy atom. The highest BCUT2D eigenvalue weighted by Gasteiger charge is 2.12. The molecule has 0 unspecified atom stereocenters. The Morgan fingerprint density at radius 2 is 2.14 bits per heavy atom. The first-order valence-electron chi connectivity index (χ1n) is 8.37. The molecule has 4 rings (SSSR count). The maximum Gasteiger partial charge on any atom is 0.258 e. The van der Waals surface area contributed by atoms with Gasteiger partial charge in [0.15, 0.2) is 15.9 Å². The molecule has 0 aliphatic heterocycles. The molecule has 0 amide bonds. The monoisotopic (exact) mass is 433 g/mol. The first-order chi connectivity index (χ1) is 13.5. The highest BCUT2D eigenvalue weighted by Crippen LogP contribution is 2.26. The number of aromatic nitrogens is 5. The van der Waals surface area contributed by atoms with E-state index in [0.717, 1.165) is 10.7 Å². The van der Waals surface area contributed by atoms with E-state index in [1.165, 1.54) is 27.5 Å². The van der Waals surface area contributed by atoms with Crippen LogP contribution in [-0.2, 0) is 19.4 Å². The number of nitrogens with zero attached hydrogens (tertiary/aromatic N) is 5. The van der Waals surface area contributed by atoms with Crippen LogP contribution in [0.3, 0.4) is 0 Å². The minimum absolute atomic E-state index is 0.0797. The summed E-state index contributed by atoms with van der Waals surface area (Å²) in [4.78, 5) is 17.3. The summed E-state index contributed by atoms with van der Waals surface area (Å²) in [5, 5.41) is 11.5. The van der Waals surface area contributed by atoms with E-state index >= 15 is 0 Å². The number of ether oxygens (including phenoxy) is 1. The largest absolute Gasteiger partial charge is 0.484 e. The first-order valence-corrected chi connectivity index (χ1v) is 10.6. The van der Waals surface area contributed by atoms with Gasteiger partial charge in [-0.3, -0.25) is 9.20 Å². The molecule has 3 heterocycles. The number of hydrogen-bond donors (Lipinski definition) is 0. The Labute approximate surface area is 174 Å². The lowest BCUT2D eigenvalue weighted by Gasteiger charge is -2.09. The zero-order valence-electron chi connectivity index (χ0n) is 15.1. The lowest BCUT2D eigenvalue weighted by atomic mass is 10.2. The highest BCUT2D eigenvalue weighted by atomic mass is 35.5. The summed E-state index contributed by atoms with van der Waals surface area (Å²) in [6, 6.07) is 7.18. The quantitative estimate of drug-likeness (QED) is 0.431. The molecule has 0 fully saturated rings. The third kappa shape index (κ3) is 3.91. The summed E-state index contributed by atoms with van der Waals surface area (Å²) >= 11 is 9.07. The Kier molecular flexibility index (Phi) is 5.38. The molecule has 0 spiro atoms. The van der Waals surface area contributed by atoms with Crippen molar-refractivity contribution in [3.63, 3.8) is 0 Å². The van der Waals surface area contributed by atoms with Crippen LogP contribution >= 0.6 is 34.7 Å². The van der Waals surface area contributed by atoms with Gasteiger partial charge in [-0.15, -0.1) is 21.5 Å². The minimum atomic E-state index is -0.0797. The topological polar surface area (TPSA) is 74.3 Å². The predicted octanol–water partition coefficient (Wildman–Crippen LogP) is 3.72. The summed E-state index contributed by atoms with van der Waals surface area (Å²) in [6.45, 7) is 2.24. The summed E-state index contributed by atoms with van der Waals surface area (Å²) in [6.07, 6.45) is 1.72. The maximum atomic E-state index is 12.1. The van der Waals surface area contributed by atoms with E-state index in [1.54, 1.807) is 12.3 Å². The standard InChI is InChI=1S/C18H16ClN5O2S2/c1-11-3-4-13(19)14(7-11)26-9-15-21-22-18(23(15)2)28-10-12-8-16(25)24-5-6-27-17(24)20-12/h3-8H,9-10H2,1-2H3. The molecule has 3 aromatic heterocycles. The van der Waals surface area contributed by atoms with Gasteiger partial charge in [0.25, 0.3) is 5.56 Å². The van der Waals surface area contributed by atoms with E-state index in [0.29, 0.717) is 33.0 Å². The van der Waals surface area contributed by atoms with Gasteiger partial charge in [-0.1, -0.05) is 29.4 Å². The molecule has 28 heavy (non-hydrogen) atoms. The Hall–Kier alpha value is -2.36. The molecule has 0 aliphatic rings. The van der Waals surface area contributed by atoms with Crippen LogP contribution in [0, 0.1) is 6.92 Å². The third-order valence-corrected chi connectivity index (χ3v) is 6.20. The summed E-state index contributed by atoms with van der Waals surface area (Å²) in [5.74, 6) is 1.83. The van der Waals surface area contributed by atoms with Gasteiger partial charge < -0.3 is 9.30 Å². The van der Waals surface area contributed by atoms with Gasteiger partial charge >= 0.3 is 0 Å². The molecule has 0 radical (unpaired) electrons. The van der Waals surface area contributed by atoms with Gasteiger partial charge in [-0.25, -0.2) is 4.98 Å². The smallest absolute Gasteiger partial charge is 0.258 e. The molecule has 0 bridgehead atoms. The van der Waals surface area contributed by atoms with Crippen molar-refractivity contribution in [1.82, 2.24) is 24.1 Å². The second-order valence-electron chi connectivity index (χ2n) is 6.11. The van der Waals surface area contributed by atoms with Crippen molar-refractivity contribution in [2.75, 3.05) is 0 Å². The molecule has 1 aromatic carbocycles. The number of hydrogen-bond acceptors (Lipinski definition) is 7.